The Hall–Kier alpha value is -1.55. The topological polar surface area (TPSA) is 104 Å². The highest BCUT2D eigenvalue weighted by Crippen LogP contribution is 2.37. The maximum atomic E-state index is 12.8. The second-order valence-electron chi connectivity index (χ2n) is 8.58. The van der Waals surface area contributed by atoms with Crippen LogP contribution in [-0.2, 0) is 23.7 Å². The number of rotatable bonds is 6. The lowest BCUT2D eigenvalue weighted by atomic mass is 9.83. The Bertz CT molecular complexity index is 711. The molecule has 1 aromatic rings. The number of carbonyl (C=O) groups excluding carboxylic acids is 1. The maximum absolute atomic E-state index is 12.8. The minimum absolute atomic E-state index is 0.0302. The molecule has 2 saturated heterocycles. The van der Waals surface area contributed by atoms with Crippen LogP contribution in [0.1, 0.15) is 38.1 Å². The molecule has 0 radical (unpaired) electrons. The first-order valence-corrected chi connectivity index (χ1v) is 10.8. The highest BCUT2D eigenvalue weighted by Gasteiger charge is 2.49. The van der Waals surface area contributed by atoms with Crippen molar-refractivity contribution in [3.8, 4) is 0 Å². The minimum Gasteiger partial charge on any atom is -0.453 e. The molecule has 1 aromatic carbocycles. The predicted octanol–water partition coefficient (Wildman–Crippen LogP) is 1.97. The first-order chi connectivity index (χ1) is 14.8. The van der Waals surface area contributed by atoms with E-state index in [1.165, 1.54) is 7.11 Å². The number of ether oxygens (including phenoxy) is 5. The molecule has 174 valence electrons. The summed E-state index contributed by atoms with van der Waals surface area (Å²) in [6, 6.07) is 8.78. The molecule has 8 heteroatoms. The molecular formula is C23H34O8. The van der Waals surface area contributed by atoms with E-state index in [1.807, 2.05) is 19.9 Å². The lowest BCUT2D eigenvalue weighted by Crippen LogP contribution is -2.59. The molecule has 2 heterocycles. The summed E-state index contributed by atoms with van der Waals surface area (Å²) < 4.78 is 29.3. The molecule has 2 N–H and O–H groups in total. The van der Waals surface area contributed by atoms with Crippen LogP contribution in [0.25, 0.3) is 0 Å². The SMILES string of the molecule is CO[C@@H]1OC(CO)[C@@H](O)[C@H](C)C1O[C@@H]1OC(C)[C@H](C)[C@H](C)C1OC(=O)c1ccccc1. The number of benzene rings is 1. The van der Waals surface area contributed by atoms with Gasteiger partial charge in [0.1, 0.15) is 12.2 Å². The van der Waals surface area contributed by atoms with E-state index in [4.69, 9.17) is 23.7 Å². The van der Waals surface area contributed by atoms with Crippen LogP contribution in [0.4, 0.5) is 0 Å². The van der Waals surface area contributed by atoms with Gasteiger partial charge in [-0.2, -0.15) is 0 Å². The molecule has 2 fully saturated rings. The van der Waals surface area contributed by atoms with E-state index in [2.05, 4.69) is 6.92 Å². The van der Waals surface area contributed by atoms with Gasteiger partial charge < -0.3 is 33.9 Å². The molecule has 0 spiro atoms. The second-order valence-corrected chi connectivity index (χ2v) is 8.58. The molecule has 0 aliphatic carbocycles. The van der Waals surface area contributed by atoms with E-state index in [1.54, 1.807) is 31.2 Å². The lowest BCUT2D eigenvalue weighted by Gasteiger charge is -2.47. The van der Waals surface area contributed by atoms with Gasteiger partial charge >= 0.3 is 5.97 Å². The van der Waals surface area contributed by atoms with Crippen molar-refractivity contribution in [1.82, 2.24) is 0 Å². The second kappa shape index (κ2) is 10.4. The molecule has 2 aliphatic rings. The minimum atomic E-state index is -0.941. The number of esters is 1. The first kappa shape index (κ1) is 24.1. The van der Waals surface area contributed by atoms with Crippen molar-refractivity contribution >= 4 is 5.97 Å². The monoisotopic (exact) mass is 438 g/mol. The summed E-state index contributed by atoms with van der Waals surface area (Å²) in [7, 11) is 1.47. The molecule has 0 saturated carbocycles. The molecule has 0 bridgehead atoms. The number of aliphatic hydroxyl groups excluding tert-OH is 2. The summed E-state index contributed by atoms with van der Waals surface area (Å²) in [6.45, 7) is 7.48. The Kier molecular flexibility index (Phi) is 8.07. The van der Waals surface area contributed by atoms with Crippen LogP contribution >= 0.6 is 0 Å². The van der Waals surface area contributed by atoms with E-state index in [0.717, 1.165) is 0 Å². The summed E-state index contributed by atoms with van der Waals surface area (Å²) in [4.78, 5) is 12.8. The zero-order valence-corrected chi connectivity index (χ0v) is 18.7. The van der Waals surface area contributed by atoms with Gasteiger partial charge in [-0.3, -0.25) is 0 Å². The third kappa shape index (κ3) is 5.10. The van der Waals surface area contributed by atoms with Crippen molar-refractivity contribution in [3.05, 3.63) is 35.9 Å². The van der Waals surface area contributed by atoms with Crippen molar-refractivity contribution < 1.29 is 38.7 Å². The first-order valence-electron chi connectivity index (χ1n) is 10.8. The zero-order chi connectivity index (χ0) is 22.7. The van der Waals surface area contributed by atoms with Gasteiger partial charge in [0.05, 0.1) is 24.4 Å². The molecule has 0 aromatic heterocycles. The average molecular weight is 439 g/mol. The maximum Gasteiger partial charge on any atom is 0.338 e. The van der Waals surface area contributed by atoms with E-state index >= 15 is 0 Å². The quantitative estimate of drug-likeness (QED) is 0.650. The molecule has 8 nitrogen and oxygen atoms in total. The van der Waals surface area contributed by atoms with Crippen LogP contribution < -0.4 is 0 Å². The fourth-order valence-corrected chi connectivity index (χ4v) is 4.22. The van der Waals surface area contributed by atoms with Gasteiger partial charge in [0.25, 0.3) is 0 Å². The van der Waals surface area contributed by atoms with Gasteiger partial charge in [-0.25, -0.2) is 4.79 Å². The molecule has 4 unspecified atom stereocenters. The van der Waals surface area contributed by atoms with E-state index in [0.29, 0.717) is 5.56 Å². The zero-order valence-electron chi connectivity index (χ0n) is 18.7. The van der Waals surface area contributed by atoms with E-state index in [-0.39, 0.29) is 24.5 Å². The fourth-order valence-electron chi connectivity index (χ4n) is 4.22. The standard InChI is InChI=1S/C23H34O8/c1-12-13(2)19(30-21(26)16-9-7-6-8-10-16)23(28-15(12)4)31-20-14(3)18(25)17(11-24)29-22(20)27-5/h6-10,12-15,17-20,22-25H,11H2,1-5H3/t12-,13+,14+,15?,17?,18+,19?,20?,22-,23+/m1/s1. The van der Waals surface area contributed by atoms with Crippen LogP contribution in [0.5, 0.6) is 0 Å². The fraction of sp³-hybridized carbons (Fsp3) is 0.696. The third-order valence-corrected chi connectivity index (χ3v) is 6.68. The van der Waals surface area contributed by atoms with Gasteiger partial charge in [0.2, 0.25) is 0 Å². The molecule has 31 heavy (non-hydrogen) atoms. The number of aliphatic hydroxyl groups is 2. The summed E-state index contributed by atoms with van der Waals surface area (Å²) in [5, 5.41) is 20.0. The van der Waals surface area contributed by atoms with Crippen LogP contribution in [0, 0.1) is 17.8 Å². The highest BCUT2D eigenvalue weighted by molar-refractivity contribution is 5.89. The smallest absolute Gasteiger partial charge is 0.338 e. The van der Waals surface area contributed by atoms with Gasteiger partial charge in [-0.05, 0) is 25.0 Å². The number of carbonyl (C=O) groups is 1. The van der Waals surface area contributed by atoms with Gasteiger partial charge in [0, 0.05) is 18.9 Å². The summed E-state index contributed by atoms with van der Waals surface area (Å²) >= 11 is 0. The largest absolute Gasteiger partial charge is 0.453 e. The molecule has 0 amide bonds. The van der Waals surface area contributed by atoms with Crippen molar-refractivity contribution in [1.29, 1.82) is 0 Å². The van der Waals surface area contributed by atoms with E-state index in [9.17, 15) is 15.0 Å². The van der Waals surface area contributed by atoms with Crippen LogP contribution in [0.3, 0.4) is 0 Å². The van der Waals surface area contributed by atoms with Gasteiger partial charge in [-0.1, -0.05) is 39.0 Å². The van der Waals surface area contributed by atoms with Crippen molar-refractivity contribution in [2.45, 2.75) is 70.8 Å². The van der Waals surface area contributed by atoms with Crippen molar-refractivity contribution in [2.75, 3.05) is 13.7 Å². The molecule has 2 aliphatic heterocycles. The molecular weight excluding hydrogens is 404 g/mol. The number of hydrogen-bond acceptors (Lipinski definition) is 8. The lowest BCUT2D eigenvalue weighted by molar-refractivity contribution is -0.346. The number of hydrogen-bond donors (Lipinski definition) is 2. The van der Waals surface area contributed by atoms with Gasteiger partial charge in [-0.15, -0.1) is 0 Å². The number of methoxy groups -OCH3 is 1. The summed E-state index contributed by atoms with van der Waals surface area (Å²) in [5.41, 5.74) is 0.449. The van der Waals surface area contributed by atoms with Gasteiger partial charge in [0.15, 0.2) is 18.7 Å². The van der Waals surface area contributed by atoms with E-state index < -0.39 is 48.9 Å². The third-order valence-electron chi connectivity index (χ3n) is 6.68. The normalized spacial score (nSPS) is 41.0. The predicted molar refractivity (Wildman–Crippen MR) is 111 cm³/mol. The average Bonchev–Trinajstić information content (AvgIpc) is 2.78. The Morgan fingerprint density at radius 2 is 1.65 bits per heavy atom. The Morgan fingerprint density at radius 3 is 2.26 bits per heavy atom. The van der Waals surface area contributed by atoms with Crippen molar-refractivity contribution in [3.63, 3.8) is 0 Å². The van der Waals surface area contributed by atoms with Crippen LogP contribution in [0.2, 0.25) is 0 Å². The van der Waals surface area contributed by atoms with Crippen LogP contribution in [0.15, 0.2) is 30.3 Å². The summed E-state index contributed by atoms with van der Waals surface area (Å²) in [5.74, 6) is -0.753. The summed E-state index contributed by atoms with van der Waals surface area (Å²) in [6.07, 6.45) is -4.84. The Balaban J connectivity index is 1.81. The van der Waals surface area contributed by atoms with Crippen LogP contribution in [-0.4, -0.2) is 73.0 Å². The van der Waals surface area contributed by atoms with Crippen molar-refractivity contribution in [2.24, 2.45) is 17.8 Å². The molecule has 3 rings (SSSR count). The molecule has 10 atom stereocenters. The Labute approximate surface area is 183 Å². The Morgan fingerprint density at radius 1 is 0.968 bits per heavy atom. The highest BCUT2D eigenvalue weighted by atomic mass is 16.7.